The molecule has 0 radical (unpaired) electrons. The highest BCUT2D eigenvalue weighted by Gasteiger charge is 2.24. The van der Waals surface area contributed by atoms with Gasteiger partial charge in [0.15, 0.2) is 0 Å². The Bertz CT molecular complexity index is 536. The summed E-state index contributed by atoms with van der Waals surface area (Å²) in [5, 5.41) is 0.539. The van der Waals surface area contributed by atoms with Crippen LogP contribution in [0.25, 0.3) is 5.57 Å². The molecule has 1 aromatic carbocycles. The fraction of sp³-hybridized carbons (Fsp3) is 0.471. The first-order chi connectivity index (χ1) is 10.1. The van der Waals surface area contributed by atoms with Gasteiger partial charge in [-0.2, -0.15) is 0 Å². The van der Waals surface area contributed by atoms with Crippen molar-refractivity contribution >= 4 is 28.8 Å². The summed E-state index contributed by atoms with van der Waals surface area (Å²) in [6.45, 7) is 2.55. The fourth-order valence-electron chi connectivity index (χ4n) is 2.37. The molecule has 0 atom stereocenters. The first-order valence-corrected chi connectivity index (χ1v) is 7.93. The minimum absolute atomic E-state index is 0.265. The largest absolute Gasteiger partial charge is 0.463 e. The summed E-state index contributed by atoms with van der Waals surface area (Å²) in [6.07, 6.45) is 6.96. The minimum atomic E-state index is -0.265. The van der Waals surface area contributed by atoms with Crippen LogP contribution in [-0.2, 0) is 9.53 Å². The number of halogens is 1. The molecular weight excluding hydrogens is 286 g/mol. The first kappa shape index (κ1) is 15.9. The number of ether oxygens (including phenoxy) is 1. The lowest BCUT2D eigenvalue weighted by atomic mass is 9.77. The summed E-state index contributed by atoms with van der Waals surface area (Å²) in [7, 11) is 0. The molecule has 21 heavy (non-hydrogen) atoms. The Labute approximate surface area is 131 Å². The molecular formula is C17H22ClNO2. The van der Waals surface area contributed by atoms with Gasteiger partial charge in [0, 0.05) is 6.08 Å². The van der Waals surface area contributed by atoms with Crippen LogP contribution in [0.4, 0.5) is 5.69 Å². The maximum atomic E-state index is 11.9. The van der Waals surface area contributed by atoms with Gasteiger partial charge in [0.1, 0.15) is 0 Å². The van der Waals surface area contributed by atoms with Crippen LogP contribution in [0.5, 0.6) is 0 Å². The molecule has 1 fully saturated rings. The van der Waals surface area contributed by atoms with E-state index in [1.807, 2.05) is 12.1 Å². The minimum Gasteiger partial charge on any atom is -0.463 e. The van der Waals surface area contributed by atoms with Crippen molar-refractivity contribution in [1.82, 2.24) is 0 Å². The molecule has 0 spiro atoms. The predicted octanol–water partition coefficient (Wildman–Crippen LogP) is 4.45. The fourth-order valence-corrected chi connectivity index (χ4v) is 2.48. The maximum Gasteiger partial charge on any atom is 0.331 e. The SMILES string of the molecule is CCCCOC(=O)C=C(c1ccc(Cl)c(N)c1)C1CCC1. The number of benzene rings is 1. The zero-order valence-corrected chi connectivity index (χ0v) is 13.2. The summed E-state index contributed by atoms with van der Waals surface area (Å²) in [6, 6.07) is 5.54. The Balaban J connectivity index is 2.17. The summed E-state index contributed by atoms with van der Waals surface area (Å²) in [5.41, 5.74) is 8.40. The van der Waals surface area contributed by atoms with Crippen LogP contribution in [0.2, 0.25) is 5.02 Å². The number of anilines is 1. The number of nitrogens with two attached hydrogens (primary N) is 1. The molecule has 0 saturated heterocycles. The van der Waals surface area contributed by atoms with Gasteiger partial charge >= 0.3 is 5.97 Å². The van der Waals surface area contributed by atoms with Gasteiger partial charge in [0.2, 0.25) is 0 Å². The van der Waals surface area contributed by atoms with E-state index < -0.39 is 0 Å². The van der Waals surface area contributed by atoms with Gasteiger partial charge in [0.05, 0.1) is 17.3 Å². The molecule has 0 bridgehead atoms. The van der Waals surface area contributed by atoms with Gasteiger partial charge < -0.3 is 10.5 Å². The molecule has 0 unspecified atom stereocenters. The summed E-state index contributed by atoms with van der Waals surface area (Å²) in [4.78, 5) is 11.9. The van der Waals surface area contributed by atoms with Crippen LogP contribution in [0.15, 0.2) is 24.3 Å². The van der Waals surface area contributed by atoms with E-state index in [1.54, 1.807) is 12.1 Å². The van der Waals surface area contributed by atoms with Crippen molar-refractivity contribution in [2.75, 3.05) is 12.3 Å². The van der Waals surface area contributed by atoms with Gasteiger partial charge in [-0.15, -0.1) is 0 Å². The van der Waals surface area contributed by atoms with Gasteiger partial charge in [0.25, 0.3) is 0 Å². The van der Waals surface area contributed by atoms with Crippen LogP contribution in [0, 0.1) is 5.92 Å². The van der Waals surface area contributed by atoms with Crippen molar-refractivity contribution in [1.29, 1.82) is 0 Å². The number of carbonyl (C=O) groups excluding carboxylic acids is 1. The van der Waals surface area contributed by atoms with E-state index in [4.69, 9.17) is 22.1 Å². The smallest absolute Gasteiger partial charge is 0.331 e. The monoisotopic (exact) mass is 307 g/mol. The van der Waals surface area contributed by atoms with E-state index >= 15 is 0 Å². The normalized spacial score (nSPS) is 15.6. The Morgan fingerprint density at radius 1 is 1.48 bits per heavy atom. The van der Waals surface area contributed by atoms with E-state index in [0.717, 1.165) is 36.8 Å². The van der Waals surface area contributed by atoms with Crippen LogP contribution >= 0.6 is 11.6 Å². The average molecular weight is 308 g/mol. The van der Waals surface area contributed by atoms with Crippen LogP contribution in [0.3, 0.4) is 0 Å². The molecule has 0 aromatic heterocycles. The summed E-state index contributed by atoms with van der Waals surface area (Å²) >= 11 is 5.97. The maximum absolute atomic E-state index is 11.9. The quantitative estimate of drug-likeness (QED) is 0.365. The van der Waals surface area contributed by atoms with Gasteiger partial charge in [-0.3, -0.25) is 0 Å². The average Bonchev–Trinajstić information content (AvgIpc) is 2.39. The van der Waals surface area contributed by atoms with E-state index in [9.17, 15) is 4.79 Å². The lowest BCUT2D eigenvalue weighted by molar-refractivity contribution is -0.137. The van der Waals surface area contributed by atoms with E-state index in [-0.39, 0.29) is 5.97 Å². The second-order valence-corrected chi connectivity index (χ2v) is 5.89. The van der Waals surface area contributed by atoms with Crippen molar-refractivity contribution in [2.24, 2.45) is 5.92 Å². The zero-order chi connectivity index (χ0) is 15.2. The molecule has 0 amide bonds. The number of hydrogen-bond donors (Lipinski definition) is 1. The van der Waals surface area contributed by atoms with Crippen molar-refractivity contribution in [3.8, 4) is 0 Å². The van der Waals surface area contributed by atoms with Gasteiger partial charge in [-0.1, -0.05) is 37.4 Å². The molecule has 1 aliphatic carbocycles. The number of esters is 1. The Morgan fingerprint density at radius 3 is 2.81 bits per heavy atom. The van der Waals surface area contributed by atoms with Crippen molar-refractivity contribution in [3.05, 3.63) is 34.9 Å². The lowest BCUT2D eigenvalue weighted by Gasteiger charge is -2.28. The van der Waals surface area contributed by atoms with Crippen LogP contribution in [-0.4, -0.2) is 12.6 Å². The topological polar surface area (TPSA) is 52.3 Å². The second kappa shape index (κ2) is 7.51. The molecule has 2 N–H and O–H groups in total. The highest BCUT2D eigenvalue weighted by atomic mass is 35.5. The van der Waals surface area contributed by atoms with E-state index in [2.05, 4.69) is 6.92 Å². The molecule has 0 aliphatic heterocycles. The zero-order valence-electron chi connectivity index (χ0n) is 12.4. The van der Waals surface area contributed by atoms with Crippen LogP contribution < -0.4 is 5.73 Å². The second-order valence-electron chi connectivity index (χ2n) is 5.48. The number of carbonyl (C=O) groups is 1. The molecule has 114 valence electrons. The molecule has 1 aromatic rings. The highest BCUT2D eigenvalue weighted by Crippen LogP contribution is 2.39. The van der Waals surface area contributed by atoms with Crippen LogP contribution in [0.1, 0.15) is 44.6 Å². The number of rotatable bonds is 6. The van der Waals surface area contributed by atoms with E-state index in [0.29, 0.717) is 23.2 Å². The Morgan fingerprint density at radius 2 is 2.24 bits per heavy atom. The number of hydrogen-bond acceptors (Lipinski definition) is 3. The molecule has 4 heteroatoms. The molecule has 2 rings (SSSR count). The Kier molecular flexibility index (Phi) is 5.68. The molecule has 3 nitrogen and oxygen atoms in total. The standard InChI is InChI=1S/C17H22ClNO2/c1-2-3-9-21-17(20)11-14(12-5-4-6-12)13-7-8-15(18)16(19)10-13/h7-8,10-12H,2-6,9,19H2,1H3. The van der Waals surface area contributed by atoms with Gasteiger partial charge in [-0.05, 0) is 48.4 Å². The third kappa shape index (κ3) is 4.24. The van der Waals surface area contributed by atoms with Crippen molar-refractivity contribution in [3.63, 3.8) is 0 Å². The summed E-state index contributed by atoms with van der Waals surface area (Å²) in [5.74, 6) is 0.156. The molecule has 1 aliphatic rings. The predicted molar refractivity (Wildman–Crippen MR) is 87.0 cm³/mol. The third-order valence-electron chi connectivity index (χ3n) is 3.89. The lowest BCUT2D eigenvalue weighted by Crippen LogP contribution is -2.15. The van der Waals surface area contributed by atoms with Crippen molar-refractivity contribution < 1.29 is 9.53 Å². The number of allylic oxidation sites excluding steroid dienone is 1. The molecule has 1 saturated carbocycles. The highest BCUT2D eigenvalue weighted by molar-refractivity contribution is 6.33. The third-order valence-corrected chi connectivity index (χ3v) is 4.23. The molecule has 0 heterocycles. The van der Waals surface area contributed by atoms with Gasteiger partial charge in [-0.25, -0.2) is 4.79 Å². The number of nitrogen functional groups attached to an aromatic ring is 1. The van der Waals surface area contributed by atoms with Crippen molar-refractivity contribution in [2.45, 2.75) is 39.0 Å². The number of unbranched alkanes of at least 4 members (excludes halogenated alkanes) is 1. The summed E-state index contributed by atoms with van der Waals surface area (Å²) < 4.78 is 5.23. The Hall–Kier alpha value is -1.48. The van der Waals surface area contributed by atoms with E-state index in [1.165, 1.54) is 6.42 Å². The first-order valence-electron chi connectivity index (χ1n) is 7.55.